The molecule has 32 heavy (non-hydrogen) atoms. The molecule has 5 rings (SSSR count). The highest BCUT2D eigenvalue weighted by Crippen LogP contribution is 2.34. The smallest absolute Gasteiger partial charge is 0.268 e. The van der Waals surface area contributed by atoms with E-state index in [1.165, 1.54) is 6.20 Å². The molecule has 0 atom stereocenters. The van der Waals surface area contributed by atoms with Crippen LogP contribution >= 0.6 is 34.8 Å². The van der Waals surface area contributed by atoms with Crippen LogP contribution in [-0.4, -0.2) is 20.3 Å². The molecule has 0 saturated carbocycles. The summed E-state index contributed by atoms with van der Waals surface area (Å²) in [6.45, 7) is 0.370. The van der Waals surface area contributed by atoms with E-state index in [1.807, 2.05) is 41.0 Å². The summed E-state index contributed by atoms with van der Waals surface area (Å²) >= 11 is 19.1. The van der Waals surface area contributed by atoms with Crippen molar-refractivity contribution in [1.29, 1.82) is 0 Å². The Morgan fingerprint density at radius 3 is 2.62 bits per heavy atom. The predicted octanol–water partition coefficient (Wildman–Crippen LogP) is 6.93. The Bertz CT molecular complexity index is 1460. The first-order chi connectivity index (χ1) is 15.5. The van der Waals surface area contributed by atoms with Gasteiger partial charge in [0, 0.05) is 33.4 Å². The number of benzene rings is 2. The summed E-state index contributed by atoms with van der Waals surface area (Å²) in [6.07, 6.45) is 4.81. The van der Waals surface area contributed by atoms with Crippen LogP contribution in [-0.2, 0) is 6.54 Å². The predicted molar refractivity (Wildman–Crippen MR) is 126 cm³/mol. The maximum Gasteiger partial charge on any atom is 0.268 e. The van der Waals surface area contributed by atoms with Crippen LogP contribution in [0.15, 0.2) is 77.6 Å². The van der Waals surface area contributed by atoms with Gasteiger partial charge in [0.05, 0.1) is 23.8 Å². The standard InChI is InChI=1S/C24H14Cl3N3O2/c25-16-8-7-15(18(26)10-16)13-30-19-6-2-1-5-17(19)21(23(30)27)22(31)24-29-12-20(32-24)14-4-3-9-28-11-14/h1-12H,13H2. The lowest BCUT2D eigenvalue weighted by molar-refractivity contribution is 0.100. The van der Waals surface area contributed by atoms with Crippen LogP contribution in [0.4, 0.5) is 0 Å². The number of nitrogens with zero attached hydrogens (tertiary/aromatic N) is 3. The summed E-state index contributed by atoms with van der Waals surface area (Å²) in [5.41, 5.74) is 2.68. The molecule has 0 aliphatic heterocycles. The zero-order valence-electron chi connectivity index (χ0n) is 16.4. The van der Waals surface area contributed by atoms with Gasteiger partial charge in [-0.1, -0.05) is 59.1 Å². The molecule has 5 nitrogen and oxygen atoms in total. The number of hydrogen-bond donors (Lipinski definition) is 0. The second-order valence-corrected chi connectivity index (χ2v) is 8.31. The number of hydrogen-bond acceptors (Lipinski definition) is 4. The largest absolute Gasteiger partial charge is 0.433 e. The minimum absolute atomic E-state index is 0.0434. The van der Waals surface area contributed by atoms with Crippen molar-refractivity contribution in [3.63, 3.8) is 0 Å². The van der Waals surface area contributed by atoms with Crippen molar-refractivity contribution in [3.8, 4) is 11.3 Å². The molecule has 3 aromatic heterocycles. The van der Waals surface area contributed by atoms with E-state index in [0.29, 0.717) is 33.3 Å². The molecule has 0 saturated heterocycles. The van der Waals surface area contributed by atoms with E-state index < -0.39 is 5.78 Å². The second kappa shape index (κ2) is 8.43. The molecular weight excluding hydrogens is 469 g/mol. The number of pyridine rings is 1. The highest BCUT2D eigenvalue weighted by Gasteiger charge is 2.26. The number of aromatic nitrogens is 3. The Kier molecular flexibility index (Phi) is 5.47. The van der Waals surface area contributed by atoms with Crippen molar-refractivity contribution in [2.45, 2.75) is 6.54 Å². The first-order valence-electron chi connectivity index (χ1n) is 9.64. The lowest BCUT2D eigenvalue weighted by atomic mass is 10.1. The molecule has 8 heteroatoms. The maximum atomic E-state index is 13.4. The zero-order valence-corrected chi connectivity index (χ0v) is 18.7. The van der Waals surface area contributed by atoms with Gasteiger partial charge in [-0.2, -0.15) is 0 Å². The van der Waals surface area contributed by atoms with Gasteiger partial charge in [0.15, 0.2) is 5.76 Å². The van der Waals surface area contributed by atoms with Crippen molar-refractivity contribution >= 4 is 51.5 Å². The highest BCUT2D eigenvalue weighted by atomic mass is 35.5. The van der Waals surface area contributed by atoms with Gasteiger partial charge in [0.1, 0.15) is 5.15 Å². The molecule has 0 bridgehead atoms. The fourth-order valence-corrected chi connectivity index (χ4v) is 4.40. The third-order valence-corrected chi connectivity index (χ3v) is 6.10. The van der Waals surface area contributed by atoms with Crippen molar-refractivity contribution in [3.05, 3.63) is 105 Å². The van der Waals surface area contributed by atoms with Gasteiger partial charge < -0.3 is 8.98 Å². The average molecular weight is 483 g/mol. The van der Waals surface area contributed by atoms with E-state index in [0.717, 1.165) is 16.6 Å². The van der Waals surface area contributed by atoms with Gasteiger partial charge in [-0.05, 0) is 35.9 Å². The van der Waals surface area contributed by atoms with Crippen LogP contribution in [0.25, 0.3) is 22.2 Å². The topological polar surface area (TPSA) is 60.9 Å². The molecule has 3 heterocycles. The van der Waals surface area contributed by atoms with Crippen LogP contribution in [0.5, 0.6) is 0 Å². The van der Waals surface area contributed by atoms with Crippen molar-refractivity contribution in [2.24, 2.45) is 0 Å². The van der Waals surface area contributed by atoms with Crippen LogP contribution in [0.2, 0.25) is 15.2 Å². The summed E-state index contributed by atoms with van der Waals surface area (Å²) in [6, 6.07) is 16.4. The first-order valence-corrected chi connectivity index (χ1v) is 10.8. The number of rotatable bonds is 5. The number of halogens is 3. The van der Waals surface area contributed by atoms with Crippen molar-refractivity contribution in [1.82, 2.24) is 14.5 Å². The Morgan fingerprint density at radius 2 is 1.84 bits per heavy atom. The number of oxazole rings is 1. The molecular formula is C24H14Cl3N3O2. The lowest BCUT2D eigenvalue weighted by Gasteiger charge is -2.09. The maximum absolute atomic E-state index is 13.4. The van der Waals surface area contributed by atoms with Gasteiger partial charge in [-0.3, -0.25) is 9.78 Å². The summed E-state index contributed by atoms with van der Waals surface area (Å²) in [5, 5.41) is 2.05. The quantitative estimate of drug-likeness (QED) is 0.255. The number of ketones is 1. The molecule has 158 valence electrons. The average Bonchev–Trinajstić information content (AvgIpc) is 3.40. The summed E-state index contributed by atoms with van der Waals surface area (Å²) in [7, 11) is 0. The van der Waals surface area contributed by atoms with Crippen molar-refractivity contribution < 1.29 is 9.21 Å². The number of para-hydroxylation sites is 1. The molecule has 0 unspecified atom stereocenters. The molecule has 0 aliphatic carbocycles. The Hall–Kier alpha value is -3.12. The molecule has 0 aliphatic rings. The molecule has 0 amide bonds. The summed E-state index contributed by atoms with van der Waals surface area (Å²) in [5.74, 6) is 0.00901. The van der Waals surface area contributed by atoms with Gasteiger partial charge in [-0.25, -0.2) is 4.98 Å². The number of fused-ring (bicyclic) bond motifs is 1. The van der Waals surface area contributed by atoms with Crippen LogP contribution in [0, 0.1) is 0 Å². The third-order valence-electron chi connectivity index (χ3n) is 5.12. The molecule has 2 aromatic carbocycles. The third kappa shape index (κ3) is 3.69. The minimum atomic E-state index is -0.401. The Morgan fingerprint density at radius 1 is 1.00 bits per heavy atom. The summed E-state index contributed by atoms with van der Waals surface area (Å²) in [4.78, 5) is 21.6. The Labute approximate surface area is 198 Å². The van der Waals surface area contributed by atoms with Crippen LogP contribution < -0.4 is 0 Å². The van der Waals surface area contributed by atoms with E-state index in [-0.39, 0.29) is 11.0 Å². The molecule has 5 aromatic rings. The first kappa shape index (κ1) is 20.8. The second-order valence-electron chi connectivity index (χ2n) is 7.11. The lowest BCUT2D eigenvalue weighted by Crippen LogP contribution is -2.04. The highest BCUT2D eigenvalue weighted by molar-refractivity contribution is 6.37. The normalized spacial score (nSPS) is 11.2. The molecule has 0 spiro atoms. The number of carbonyl (C=O) groups excluding carboxylic acids is 1. The van der Waals surface area contributed by atoms with E-state index in [4.69, 9.17) is 39.2 Å². The fourth-order valence-electron chi connectivity index (χ4n) is 3.59. The molecule has 0 N–H and O–H groups in total. The van der Waals surface area contributed by atoms with Gasteiger partial charge in [-0.15, -0.1) is 0 Å². The van der Waals surface area contributed by atoms with E-state index in [9.17, 15) is 4.79 Å². The van der Waals surface area contributed by atoms with Gasteiger partial charge in [0.2, 0.25) is 0 Å². The van der Waals surface area contributed by atoms with Gasteiger partial charge in [0.25, 0.3) is 11.7 Å². The minimum Gasteiger partial charge on any atom is -0.433 e. The molecule has 0 fully saturated rings. The van der Waals surface area contributed by atoms with E-state index in [1.54, 1.807) is 30.6 Å². The molecule has 0 radical (unpaired) electrons. The van der Waals surface area contributed by atoms with Gasteiger partial charge >= 0.3 is 0 Å². The van der Waals surface area contributed by atoms with E-state index in [2.05, 4.69) is 9.97 Å². The number of carbonyl (C=O) groups is 1. The van der Waals surface area contributed by atoms with E-state index >= 15 is 0 Å². The fraction of sp³-hybridized carbons (Fsp3) is 0.0417. The van der Waals surface area contributed by atoms with Crippen molar-refractivity contribution in [2.75, 3.05) is 0 Å². The monoisotopic (exact) mass is 481 g/mol. The summed E-state index contributed by atoms with van der Waals surface area (Å²) < 4.78 is 7.58. The van der Waals surface area contributed by atoms with Crippen LogP contribution in [0.1, 0.15) is 21.8 Å². The Balaban J connectivity index is 1.58. The zero-order chi connectivity index (χ0) is 22.2. The van der Waals surface area contributed by atoms with Crippen LogP contribution in [0.3, 0.4) is 0 Å². The SMILES string of the molecule is O=C(c1ncc(-c2cccnc2)o1)c1c(Cl)n(Cc2ccc(Cl)cc2Cl)c2ccccc12.